The van der Waals surface area contributed by atoms with E-state index in [1.165, 1.54) is 5.56 Å². The first-order chi connectivity index (χ1) is 14.4. The van der Waals surface area contributed by atoms with Gasteiger partial charge < -0.3 is 10.6 Å². The number of nitrogens with zero attached hydrogens (tertiary/aromatic N) is 4. The third-order valence-electron chi connectivity index (χ3n) is 5.66. The Labute approximate surface area is 173 Å². The zero-order valence-corrected chi connectivity index (χ0v) is 16.6. The van der Waals surface area contributed by atoms with Crippen LogP contribution in [0.1, 0.15) is 42.0 Å². The zero-order valence-electron chi connectivity index (χ0n) is 16.6. The maximum absolute atomic E-state index is 13.7. The molecule has 0 amide bonds. The van der Waals surface area contributed by atoms with Crippen LogP contribution in [0.4, 0.5) is 19.0 Å². The number of likely N-dealkylation sites (tertiary alicyclic amines) is 1. The Kier molecular flexibility index (Phi) is 5.85. The number of benzene rings is 1. The van der Waals surface area contributed by atoms with Crippen molar-refractivity contribution in [2.75, 3.05) is 25.4 Å². The van der Waals surface area contributed by atoms with Gasteiger partial charge in [0.1, 0.15) is 12.1 Å². The molecular weight excluding hydrogens is 391 g/mol. The first-order valence-corrected chi connectivity index (χ1v) is 10.2. The van der Waals surface area contributed by atoms with Crippen molar-refractivity contribution in [3.8, 4) is 0 Å². The molecule has 30 heavy (non-hydrogen) atoms. The minimum Gasteiger partial charge on any atom is -0.383 e. The summed E-state index contributed by atoms with van der Waals surface area (Å²) < 4.78 is 41.1. The third-order valence-corrected chi connectivity index (χ3v) is 5.66. The quantitative estimate of drug-likeness (QED) is 0.667. The molecule has 4 rings (SSSR count). The summed E-state index contributed by atoms with van der Waals surface area (Å²) in [5.74, 6) is -0.255. The van der Waals surface area contributed by atoms with Crippen molar-refractivity contribution < 1.29 is 13.2 Å². The molecule has 1 saturated heterocycles. The fraction of sp³-hybridized carbons (Fsp3) is 0.409. The molecule has 158 valence electrons. The van der Waals surface area contributed by atoms with Gasteiger partial charge in [-0.2, -0.15) is 13.2 Å². The molecule has 1 aromatic carbocycles. The highest BCUT2D eigenvalue weighted by Crippen LogP contribution is 2.38. The van der Waals surface area contributed by atoms with Crippen LogP contribution in [0.5, 0.6) is 0 Å². The van der Waals surface area contributed by atoms with E-state index in [9.17, 15) is 13.2 Å². The SMILES string of the molecule is Nc1ncnc2nc([C@@H]3CCCN(CCCc4ccccc4)C3)cc(C(F)(F)F)c12. The van der Waals surface area contributed by atoms with Gasteiger partial charge in [-0.15, -0.1) is 0 Å². The molecule has 0 aliphatic carbocycles. The number of aromatic nitrogens is 3. The van der Waals surface area contributed by atoms with E-state index >= 15 is 0 Å². The number of piperidine rings is 1. The predicted octanol–water partition coefficient (Wildman–Crippen LogP) is 4.44. The summed E-state index contributed by atoms with van der Waals surface area (Å²) in [6, 6.07) is 11.4. The minimum absolute atomic E-state index is 0.00789. The van der Waals surface area contributed by atoms with Gasteiger partial charge in [-0.1, -0.05) is 30.3 Å². The lowest BCUT2D eigenvalue weighted by molar-refractivity contribution is -0.136. The number of fused-ring (bicyclic) bond motifs is 1. The highest BCUT2D eigenvalue weighted by Gasteiger charge is 2.36. The van der Waals surface area contributed by atoms with Crippen molar-refractivity contribution in [3.05, 3.63) is 59.5 Å². The Morgan fingerprint density at radius 2 is 1.93 bits per heavy atom. The van der Waals surface area contributed by atoms with E-state index in [1.807, 2.05) is 18.2 Å². The fourth-order valence-corrected chi connectivity index (χ4v) is 4.19. The summed E-state index contributed by atoms with van der Waals surface area (Å²) in [6.07, 6.45) is 0.364. The third kappa shape index (κ3) is 4.53. The van der Waals surface area contributed by atoms with Crippen molar-refractivity contribution in [2.45, 2.75) is 37.8 Å². The number of rotatable bonds is 5. The minimum atomic E-state index is -4.54. The molecule has 2 aromatic heterocycles. The van der Waals surface area contributed by atoms with Gasteiger partial charge in [-0.25, -0.2) is 15.0 Å². The van der Waals surface area contributed by atoms with Crippen LogP contribution in [0.2, 0.25) is 0 Å². The largest absolute Gasteiger partial charge is 0.417 e. The van der Waals surface area contributed by atoms with E-state index in [4.69, 9.17) is 5.73 Å². The molecule has 0 spiro atoms. The molecule has 2 N–H and O–H groups in total. The molecular formula is C22H24F3N5. The molecule has 5 nitrogen and oxygen atoms in total. The van der Waals surface area contributed by atoms with Crippen LogP contribution < -0.4 is 5.73 Å². The second-order valence-electron chi connectivity index (χ2n) is 7.78. The topological polar surface area (TPSA) is 67.9 Å². The molecule has 0 unspecified atom stereocenters. The number of hydrogen-bond acceptors (Lipinski definition) is 5. The lowest BCUT2D eigenvalue weighted by Crippen LogP contribution is -2.35. The number of alkyl halides is 3. The molecule has 0 saturated carbocycles. The number of halogens is 3. The van der Waals surface area contributed by atoms with Gasteiger partial charge in [0.2, 0.25) is 0 Å². The van der Waals surface area contributed by atoms with Gasteiger partial charge in [0, 0.05) is 18.2 Å². The second-order valence-corrected chi connectivity index (χ2v) is 7.78. The van der Waals surface area contributed by atoms with Gasteiger partial charge in [0.15, 0.2) is 5.65 Å². The van der Waals surface area contributed by atoms with Crippen molar-refractivity contribution >= 4 is 16.9 Å². The first-order valence-electron chi connectivity index (χ1n) is 10.2. The summed E-state index contributed by atoms with van der Waals surface area (Å²) in [4.78, 5) is 14.4. The second kappa shape index (κ2) is 8.55. The zero-order chi connectivity index (χ0) is 21.1. The maximum atomic E-state index is 13.7. The van der Waals surface area contributed by atoms with Crippen LogP contribution in [0, 0.1) is 0 Å². The average molecular weight is 415 g/mol. The number of aryl methyl sites for hydroxylation is 1. The van der Waals surface area contributed by atoms with Crippen molar-refractivity contribution in [1.29, 1.82) is 0 Å². The predicted molar refractivity (Wildman–Crippen MR) is 110 cm³/mol. The van der Waals surface area contributed by atoms with Crippen molar-refractivity contribution in [1.82, 2.24) is 19.9 Å². The highest BCUT2D eigenvalue weighted by molar-refractivity contribution is 5.89. The Morgan fingerprint density at radius 3 is 2.70 bits per heavy atom. The lowest BCUT2D eigenvalue weighted by Gasteiger charge is -2.32. The van der Waals surface area contributed by atoms with Crippen molar-refractivity contribution in [3.63, 3.8) is 0 Å². The smallest absolute Gasteiger partial charge is 0.383 e. The fourth-order valence-electron chi connectivity index (χ4n) is 4.19. The molecule has 8 heteroatoms. The molecule has 1 atom stereocenters. The Hall–Kier alpha value is -2.74. The van der Waals surface area contributed by atoms with Crippen LogP contribution in [-0.4, -0.2) is 39.5 Å². The number of pyridine rings is 1. The average Bonchev–Trinajstić information content (AvgIpc) is 2.73. The number of anilines is 1. The van der Waals surface area contributed by atoms with Crippen LogP contribution >= 0.6 is 0 Å². The van der Waals surface area contributed by atoms with Gasteiger partial charge in [-0.3, -0.25) is 0 Å². The van der Waals surface area contributed by atoms with Gasteiger partial charge in [0.05, 0.1) is 10.9 Å². The lowest BCUT2D eigenvalue weighted by atomic mass is 9.92. The first kappa shape index (κ1) is 20.5. The molecule has 0 radical (unpaired) electrons. The van der Waals surface area contributed by atoms with Crippen LogP contribution in [0.25, 0.3) is 11.0 Å². The number of nitrogen functional groups attached to an aromatic ring is 1. The Morgan fingerprint density at radius 1 is 1.13 bits per heavy atom. The molecule has 3 heterocycles. The number of hydrogen-bond donors (Lipinski definition) is 1. The van der Waals surface area contributed by atoms with E-state index < -0.39 is 11.7 Å². The van der Waals surface area contributed by atoms with Crippen LogP contribution in [-0.2, 0) is 12.6 Å². The van der Waals surface area contributed by atoms with E-state index in [1.54, 1.807) is 0 Å². The van der Waals surface area contributed by atoms with E-state index in [0.717, 1.165) is 51.2 Å². The van der Waals surface area contributed by atoms with Gasteiger partial charge in [0.25, 0.3) is 0 Å². The summed E-state index contributed by atoms with van der Waals surface area (Å²) in [6.45, 7) is 2.57. The molecule has 1 aliphatic rings. The van der Waals surface area contributed by atoms with Crippen LogP contribution in [0.15, 0.2) is 42.7 Å². The molecule has 3 aromatic rings. The summed E-state index contributed by atoms with van der Waals surface area (Å²) in [7, 11) is 0. The summed E-state index contributed by atoms with van der Waals surface area (Å²) in [5, 5.41) is -0.218. The molecule has 1 aliphatic heterocycles. The Bertz CT molecular complexity index is 1010. The molecule has 0 bridgehead atoms. The van der Waals surface area contributed by atoms with Crippen LogP contribution in [0.3, 0.4) is 0 Å². The molecule has 1 fully saturated rings. The highest BCUT2D eigenvalue weighted by atomic mass is 19.4. The van der Waals surface area contributed by atoms with E-state index in [-0.39, 0.29) is 22.8 Å². The van der Waals surface area contributed by atoms with E-state index in [2.05, 4.69) is 32.0 Å². The summed E-state index contributed by atoms with van der Waals surface area (Å²) in [5.41, 5.74) is 6.64. The normalized spacial score (nSPS) is 18.0. The standard InChI is InChI=1S/C22H24F3N5/c23-22(24,25)17-12-18(29-21-19(17)20(26)27-14-28-21)16-9-5-11-30(13-16)10-4-8-15-6-2-1-3-7-15/h1-3,6-7,12,14,16H,4-5,8-11,13H2,(H2,26,27,28,29)/t16-/m1/s1. The van der Waals surface area contributed by atoms with E-state index in [0.29, 0.717) is 12.2 Å². The monoisotopic (exact) mass is 415 g/mol. The number of nitrogens with two attached hydrogens (primary N) is 1. The van der Waals surface area contributed by atoms with Gasteiger partial charge in [-0.05, 0) is 50.4 Å². The van der Waals surface area contributed by atoms with Gasteiger partial charge >= 0.3 is 6.18 Å². The maximum Gasteiger partial charge on any atom is 0.417 e. The van der Waals surface area contributed by atoms with Crippen molar-refractivity contribution in [2.24, 2.45) is 0 Å². The Balaban J connectivity index is 1.52. The summed E-state index contributed by atoms with van der Waals surface area (Å²) >= 11 is 0.